The molecule has 0 saturated carbocycles. The van der Waals surface area contributed by atoms with E-state index in [0.29, 0.717) is 124 Å². The van der Waals surface area contributed by atoms with Gasteiger partial charge in [0.15, 0.2) is 40.3 Å². The highest BCUT2D eigenvalue weighted by Gasteiger charge is 2.72. The summed E-state index contributed by atoms with van der Waals surface area (Å²) in [5.74, 6) is 0.696. The van der Waals surface area contributed by atoms with Crippen molar-refractivity contribution < 1.29 is 93.0 Å². The van der Waals surface area contributed by atoms with E-state index in [4.69, 9.17) is 49.9 Å². The summed E-state index contributed by atoms with van der Waals surface area (Å²) in [5.41, 5.74) is 5.65. The van der Waals surface area contributed by atoms with Gasteiger partial charge in [0.1, 0.15) is 33.9 Å². The fraction of sp³-hybridized carbons (Fsp3) is 0.295. The Morgan fingerprint density at radius 3 is 0.889 bits per heavy atom. The van der Waals surface area contributed by atoms with E-state index in [1.54, 1.807) is 162 Å². The number of aromatic nitrogens is 10. The smallest absolute Gasteiger partial charge is 0.238 e. The molecule has 0 aliphatic carbocycles. The number of hydrogen-bond acceptors (Lipinski definition) is 34. The van der Waals surface area contributed by atoms with Crippen molar-refractivity contribution in [2.45, 2.75) is 81.9 Å². The quantitative estimate of drug-likeness (QED) is 0.0519. The first-order valence-corrected chi connectivity index (χ1v) is 40.6. The number of amides is 8. The van der Waals surface area contributed by atoms with Gasteiger partial charge in [0.05, 0.1) is 152 Å². The third-order valence-corrected chi connectivity index (χ3v) is 23.5. The Kier molecular flexibility index (Phi) is 22.1. The maximum Gasteiger partial charge on any atom is 0.238 e. The molecule has 126 heavy (non-hydrogen) atoms. The average molecular weight is 1710 g/mol. The van der Waals surface area contributed by atoms with Gasteiger partial charge >= 0.3 is 0 Å². The van der Waals surface area contributed by atoms with Crippen LogP contribution in [0.5, 0.6) is 0 Å². The molecule has 24 rings (SSSR count). The van der Waals surface area contributed by atoms with E-state index >= 15 is 0 Å². The molecule has 0 spiro atoms. The van der Waals surface area contributed by atoms with Crippen molar-refractivity contribution in [1.29, 1.82) is 0 Å². The minimum atomic E-state index is -1.15. The number of hydrazone groups is 2. The molecular formula is C88H78N18O20. The number of rotatable bonds is 16. The number of likely N-dealkylation sites (tertiary alicyclic amines) is 4. The first kappa shape index (κ1) is 82.0. The van der Waals surface area contributed by atoms with Crippen molar-refractivity contribution in [3.63, 3.8) is 0 Å². The molecular weight excluding hydrogens is 1630 g/mol. The topological polar surface area (TPSA) is 465 Å². The second kappa shape index (κ2) is 34.0. The van der Waals surface area contributed by atoms with E-state index in [1.165, 1.54) is 25.9 Å². The summed E-state index contributed by atoms with van der Waals surface area (Å²) >= 11 is 0. The van der Waals surface area contributed by atoms with Crippen LogP contribution in [0.25, 0.3) is 57.5 Å². The summed E-state index contributed by atoms with van der Waals surface area (Å²) in [6.07, 6.45) is 25.5. The molecule has 11 aromatic heterocycles. The molecule has 8 saturated heterocycles. The van der Waals surface area contributed by atoms with E-state index in [0.717, 1.165) is 6.61 Å². The van der Waals surface area contributed by atoms with Gasteiger partial charge in [-0.05, 0) is 174 Å². The summed E-state index contributed by atoms with van der Waals surface area (Å²) in [4.78, 5) is 106. The van der Waals surface area contributed by atoms with Crippen LogP contribution < -0.4 is 10.9 Å². The van der Waals surface area contributed by atoms with Crippen LogP contribution in [-0.2, 0) is 78.8 Å². The maximum absolute atomic E-state index is 13.1. The van der Waals surface area contributed by atoms with Crippen molar-refractivity contribution >= 4 is 58.9 Å². The number of amidine groups is 2. The molecule has 16 atom stereocenters. The molecule has 8 amide bonds. The molecule has 38 nitrogen and oxygen atoms in total. The molecule has 13 aliphatic heterocycles. The number of nitrogens with zero attached hydrogens (tertiary/aromatic N) is 16. The molecule has 11 aromatic rings. The molecule has 0 radical (unpaired) electrons. The number of imide groups is 4. The highest BCUT2D eigenvalue weighted by molar-refractivity contribution is 6.10. The monoisotopic (exact) mass is 1710 g/mol. The molecule has 8 fully saturated rings. The van der Waals surface area contributed by atoms with E-state index in [-0.39, 0.29) is 77.4 Å². The Bertz CT molecular complexity index is 5650. The zero-order valence-electron chi connectivity index (χ0n) is 67.9. The lowest BCUT2D eigenvalue weighted by molar-refractivity contribution is -0.146. The lowest BCUT2D eigenvalue weighted by atomic mass is 9.74. The van der Waals surface area contributed by atoms with Crippen molar-refractivity contribution in [2.75, 3.05) is 32.8 Å². The number of fused-ring (bicyclic) bond motifs is 20. The number of furan rings is 7. The normalized spacial score (nSPS) is 27.8. The van der Waals surface area contributed by atoms with Gasteiger partial charge in [-0.25, -0.2) is 0 Å². The molecule has 640 valence electrons. The minimum Gasteiger partial charge on any atom is -0.502 e. The minimum absolute atomic E-state index is 0.0562. The summed E-state index contributed by atoms with van der Waals surface area (Å²) in [6.45, 7) is 14.6. The molecule has 13 aliphatic rings. The Morgan fingerprint density at radius 1 is 0.341 bits per heavy atom. The lowest BCUT2D eigenvalue weighted by Crippen LogP contribution is -2.41. The predicted octanol–water partition coefficient (Wildman–Crippen LogP) is 8.55. The van der Waals surface area contributed by atoms with Crippen LogP contribution in [0.3, 0.4) is 0 Å². The van der Waals surface area contributed by atoms with Crippen LogP contribution in [0.4, 0.5) is 0 Å². The van der Waals surface area contributed by atoms with Gasteiger partial charge < -0.3 is 54.6 Å². The highest BCUT2D eigenvalue weighted by Crippen LogP contribution is 2.60. The highest BCUT2D eigenvalue weighted by atomic mass is 16.5. The number of hydrogen-bond donors (Lipinski definition) is 2. The first-order chi connectivity index (χ1) is 61.5. The molecule has 2 N–H and O–H groups in total. The van der Waals surface area contributed by atoms with Gasteiger partial charge in [-0.1, -0.05) is 37.0 Å². The summed E-state index contributed by atoms with van der Waals surface area (Å²) in [5, 5.41) is 49.2. The van der Waals surface area contributed by atoms with Crippen LogP contribution in [0.1, 0.15) is 63.2 Å². The third-order valence-electron chi connectivity index (χ3n) is 23.5. The van der Waals surface area contributed by atoms with Crippen molar-refractivity contribution in [3.8, 4) is 57.5 Å². The van der Waals surface area contributed by atoms with Gasteiger partial charge in [-0.2, -0.15) is 25.5 Å². The number of nitrogens with one attached hydrogen (secondary N) is 2. The zero-order valence-corrected chi connectivity index (χ0v) is 67.9. The van der Waals surface area contributed by atoms with Crippen molar-refractivity contribution in [2.24, 2.45) is 57.5 Å². The Labute approximate surface area is 715 Å². The predicted molar refractivity (Wildman–Crippen MR) is 433 cm³/mol. The average Bonchev–Trinajstić information content (AvgIpc) is 1.55. The van der Waals surface area contributed by atoms with Gasteiger partial charge in [0.25, 0.3) is 0 Å². The molecule has 0 aromatic carbocycles. The van der Waals surface area contributed by atoms with Crippen LogP contribution in [0.2, 0.25) is 0 Å². The maximum atomic E-state index is 13.1. The molecule has 16 unspecified atom stereocenters. The largest absolute Gasteiger partial charge is 0.502 e. The summed E-state index contributed by atoms with van der Waals surface area (Å²) < 4.78 is 64.9. The van der Waals surface area contributed by atoms with Gasteiger partial charge in [-0.3, -0.25) is 68.8 Å². The molecule has 8 bridgehead atoms. The van der Waals surface area contributed by atoms with Crippen LogP contribution in [0, 0.1) is 47.3 Å². The fourth-order valence-electron chi connectivity index (χ4n) is 17.8. The van der Waals surface area contributed by atoms with Crippen molar-refractivity contribution in [3.05, 3.63) is 255 Å². The van der Waals surface area contributed by atoms with E-state index in [1.807, 2.05) is 86.7 Å². The fourth-order valence-corrected chi connectivity index (χ4v) is 17.8. The van der Waals surface area contributed by atoms with Gasteiger partial charge in [-0.15, -0.1) is 35.7 Å². The Hall–Kier alpha value is -15.0. The zero-order chi connectivity index (χ0) is 87.1. The Balaban J connectivity index is 0.000000105. The molecule has 38 heteroatoms. The van der Waals surface area contributed by atoms with E-state index < -0.39 is 64.5 Å². The second-order valence-corrected chi connectivity index (χ2v) is 30.0. The van der Waals surface area contributed by atoms with E-state index in [9.17, 15) is 38.4 Å². The van der Waals surface area contributed by atoms with Crippen LogP contribution in [-0.4, -0.2) is 193 Å². The number of carbonyl (C=O) groups excluding carboxylic acids is 8. The Morgan fingerprint density at radius 2 is 0.627 bits per heavy atom. The van der Waals surface area contributed by atoms with Crippen LogP contribution >= 0.6 is 0 Å². The summed E-state index contributed by atoms with van der Waals surface area (Å²) in [7, 11) is 0. The standard InChI is InChI=1S/C24H22N4O6.C18H15N3O4.C12H8N2O2.C10H8N4O2.C10H6N4O2.C10H11NO3.C4H8O/c1-3-27-19(29)15-11-7-9-23(33-11,17(15)21(27)31)13-5-6-14(26-25-13)24-10-8-12(34-24)16-18(24)22(32)28(4-2)20(16)30;1-2-21-16(22)14-12-7-8-18(25-12,15(14)17(21)23)13-6-5-10(19-20-13)11-4-3-9-24-11;1-3-11(15-7-1)9-5-6-10(14-13-9)12-4-2-8-16-12;2*1-3-7(15-5-1)9-11-13-10(14-12-9)8-4-2-6-16-8;1-2-11-9(12)7-5-3-4-6(14-5)8(7)10(11)13;1-3-5-4-2/h5-12,15-18H,3-4H2,1-2H3;3-9,12,14-15H,2H2,1H3;1-8H;1-6H,(H,11,12)(H,13,14);1-6H;3-8H,2H2,1H3;3H,1,4H2,2H3. The second-order valence-electron chi connectivity index (χ2n) is 30.0. The number of carbonyl (C=O) groups is 8. The lowest BCUT2D eigenvalue weighted by Gasteiger charge is -2.30. The third kappa shape index (κ3) is 14.1. The molecule has 24 heterocycles. The number of ether oxygens (including phenoxy) is 5. The SMILES string of the molecule is C=COCC.CCN1C(=O)C2C3C=CC(O3)C2C1=O.CCN1C(=O)C2C3C=CC(c4ccc(-c5ccco5)nn4)(O3)C2C1=O.CCN1C(=O)C2C3C=CC(c4ccc(C56C=CC(O5)C5C(=O)N(CC)C(=O)C56)nn4)(O3)C2C1=O.c1coc(-c2ccc(-c3ccco3)nn2)c1.c1coc(-c2nnc(-c3ccco3)nn2)c1.c1coc(C2=NNC(c3ccco3)=NN2)c1. The van der Waals surface area contributed by atoms with Gasteiger partial charge in [0, 0.05) is 26.2 Å². The van der Waals surface area contributed by atoms with E-state index in [2.05, 4.69) is 83.4 Å². The van der Waals surface area contributed by atoms with Crippen molar-refractivity contribution in [1.82, 2.24) is 81.4 Å². The summed E-state index contributed by atoms with van der Waals surface area (Å²) in [6, 6.07) is 35.7. The first-order valence-electron chi connectivity index (χ1n) is 40.6. The van der Waals surface area contributed by atoms with Crippen LogP contribution in [0.15, 0.2) is 268 Å². The van der Waals surface area contributed by atoms with Gasteiger partial charge in [0.2, 0.25) is 70.6 Å².